The van der Waals surface area contributed by atoms with Crippen LogP contribution in [0.1, 0.15) is 18.5 Å². The van der Waals surface area contributed by atoms with Gasteiger partial charge in [-0.3, -0.25) is 4.79 Å². The van der Waals surface area contributed by atoms with E-state index >= 15 is 0 Å². The number of nitrogens with zero attached hydrogens (tertiary/aromatic N) is 2. The van der Waals surface area contributed by atoms with Crippen LogP contribution < -0.4 is 10.6 Å². The van der Waals surface area contributed by atoms with Crippen LogP contribution in [0.5, 0.6) is 0 Å². The predicted octanol–water partition coefficient (Wildman–Crippen LogP) is 1.27. The Morgan fingerprint density at radius 2 is 2.35 bits per heavy atom. The van der Waals surface area contributed by atoms with Crippen LogP contribution in [0, 0.1) is 12.8 Å². The molecule has 2 heterocycles. The molecule has 1 fully saturated rings. The molecule has 5 heteroatoms. The molecule has 0 aromatic carbocycles. The van der Waals surface area contributed by atoms with Crippen molar-refractivity contribution in [1.29, 1.82) is 0 Å². The third kappa shape index (κ3) is 2.49. The highest BCUT2D eigenvalue weighted by Gasteiger charge is 2.26. The van der Waals surface area contributed by atoms with E-state index < -0.39 is 5.97 Å². The van der Waals surface area contributed by atoms with Gasteiger partial charge in [-0.2, -0.15) is 0 Å². The van der Waals surface area contributed by atoms with Crippen molar-refractivity contribution in [3.63, 3.8) is 0 Å². The third-order valence-corrected chi connectivity index (χ3v) is 3.11. The molecule has 1 aliphatic rings. The molecule has 0 aliphatic carbocycles. The van der Waals surface area contributed by atoms with E-state index in [1.165, 1.54) is 0 Å². The number of carboxylic acid groups (broad SMARTS) is 1. The monoisotopic (exact) mass is 235 g/mol. The van der Waals surface area contributed by atoms with Crippen molar-refractivity contribution in [1.82, 2.24) is 4.98 Å². The zero-order valence-corrected chi connectivity index (χ0v) is 9.89. The first kappa shape index (κ1) is 11.7. The SMILES string of the molecule is Cc1ccc(N)c(N2CCCC(C(=O)O)C2)n1. The topological polar surface area (TPSA) is 79.5 Å². The average Bonchev–Trinajstić information content (AvgIpc) is 2.32. The number of carboxylic acids is 1. The van der Waals surface area contributed by atoms with Crippen molar-refractivity contribution in [2.24, 2.45) is 5.92 Å². The lowest BCUT2D eigenvalue weighted by atomic mass is 9.98. The Morgan fingerprint density at radius 1 is 1.59 bits per heavy atom. The first-order chi connectivity index (χ1) is 8.08. The van der Waals surface area contributed by atoms with E-state index in [1.54, 1.807) is 0 Å². The molecule has 1 aromatic heterocycles. The summed E-state index contributed by atoms with van der Waals surface area (Å²) in [6, 6.07) is 3.68. The van der Waals surface area contributed by atoms with Crippen LogP contribution in [0.3, 0.4) is 0 Å². The summed E-state index contributed by atoms with van der Waals surface area (Å²) in [5.74, 6) is -0.331. The van der Waals surface area contributed by atoms with Crippen molar-refractivity contribution in [2.45, 2.75) is 19.8 Å². The smallest absolute Gasteiger partial charge is 0.308 e. The lowest BCUT2D eigenvalue weighted by Gasteiger charge is -2.32. The number of aliphatic carboxylic acids is 1. The standard InChI is InChI=1S/C12H17N3O2/c1-8-4-5-10(13)11(14-8)15-6-2-3-9(7-15)12(16)17/h4-5,9H,2-3,6-7,13H2,1H3,(H,16,17). The normalized spacial score (nSPS) is 20.3. The minimum absolute atomic E-state index is 0.314. The third-order valence-electron chi connectivity index (χ3n) is 3.11. The first-order valence-electron chi connectivity index (χ1n) is 5.79. The summed E-state index contributed by atoms with van der Waals surface area (Å²) < 4.78 is 0. The van der Waals surface area contributed by atoms with Crippen LogP contribution in [0.4, 0.5) is 11.5 Å². The maximum Gasteiger partial charge on any atom is 0.308 e. The van der Waals surface area contributed by atoms with E-state index in [0.717, 1.165) is 30.9 Å². The van der Waals surface area contributed by atoms with Gasteiger partial charge < -0.3 is 15.7 Å². The summed E-state index contributed by atoms with van der Waals surface area (Å²) in [4.78, 5) is 17.4. The lowest BCUT2D eigenvalue weighted by Crippen LogP contribution is -2.39. The van der Waals surface area contributed by atoms with E-state index in [4.69, 9.17) is 10.8 Å². The Labute approximate surface area is 100 Å². The van der Waals surface area contributed by atoms with Gasteiger partial charge in [0.1, 0.15) is 0 Å². The van der Waals surface area contributed by atoms with Crippen molar-refractivity contribution in [3.8, 4) is 0 Å². The molecule has 1 atom stereocenters. The number of nitrogens with two attached hydrogens (primary N) is 1. The first-order valence-corrected chi connectivity index (χ1v) is 5.79. The van der Waals surface area contributed by atoms with Crippen LogP contribution in [-0.2, 0) is 4.79 Å². The van der Waals surface area contributed by atoms with E-state index in [1.807, 2.05) is 24.0 Å². The van der Waals surface area contributed by atoms with E-state index in [0.29, 0.717) is 12.2 Å². The molecule has 1 aliphatic heterocycles. The Balaban J connectivity index is 2.21. The van der Waals surface area contributed by atoms with E-state index in [-0.39, 0.29) is 5.92 Å². The van der Waals surface area contributed by atoms with E-state index in [9.17, 15) is 4.79 Å². The molecule has 0 amide bonds. The second-order valence-electron chi connectivity index (χ2n) is 4.49. The largest absolute Gasteiger partial charge is 0.481 e. The zero-order chi connectivity index (χ0) is 12.4. The molecular formula is C12H17N3O2. The number of anilines is 2. The van der Waals surface area contributed by atoms with Crippen molar-refractivity contribution < 1.29 is 9.90 Å². The zero-order valence-electron chi connectivity index (χ0n) is 9.89. The van der Waals surface area contributed by atoms with E-state index in [2.05, 4.69) is 4.98 Å². The van der Waals surface area contributed by atoms with Gasteiger partial charge in [0, 0.05) is 18.8 Å². The van der Waals surface area contributed by atoms with Gasteiger partial charge in [-0.1, -0.05) is 0 Å². The van der Waals surface area contributed by atoms with Crippen LogP contribution in [-0.4, -0.2) is 29.1 Å². The van der Waals surface area contributed by atoms with Gasteiger partial charge in [-0.05, 0) is 31.9 Å². The molecule has 17 heavy (non-hydrogen) atoms. The number of hydrogen-bond acceptors (Lipinski definition) is 4. The maximum atomic E-state index is 11.0. The Bertz CT molecular complexity index is 434. The van der Waals surface area contributed by atoms with Gasteiger partial charge >= 0.3 is 5.97 Å². The maximum absolute atomic E-state index is 11.0. The van der Waals surface area contributed by atoms with Crippen molar-refractivity contribution >= 4 is 17.5 Å². The van der Waals surface area contributed by atoms with Gasteiger partial charge in [-0.25, -0.2) is 4.98 Å². The van der Waals surface area contributed by atoms with Gasteiger partial charge in [0.05, 0.1) is 11.6 Å². The second kappa shape index (κ2) is 4.61. The van der Waals surface area contributed by atoms with Gasteiger partial charge in [0.15, 0.2) is 5.82 Å². The predicted molar refractivity (Wildman–Crippen MR) is 66.0 cm³/mol. The van der Waals surface area contributed by atoms with Crippen LogP contribution in [0.25, 0.3) is 0 Å². The summed E-state index contributed by atoms with van der Waals surface area (Å²) in [5, 5.41) is 9.05. The highest BCUT2D eigenvalue weighted by molar-refractivity contribution is 5.72. The highest BCUT2D eigenvalue weighted by atomic mass is 16.4. The number of piperidine rings is 1. The number of rotatable bonds is 2. The van der Waals surface area contributed by atoms with Gasteiger partial charge in [0.25, 0.3) is 0 Å². The molecule has 5 nitrogen and oxygen atoms in total. The summed E-state index contributed by atoms with van der Waals surface area (Å²) in [5.41, 5.74) is 7.40. The molecule has 0 radical (unpaired) electrons. The van der Waals surface area contributed by atoms with Gasteiger partial charge in [-0.15, -0.1) is 0 Å². The minimum atomic E-state index is -0.735. The van der Waals surface area contributed by atoms with Crippen molar-refractivity contribution in [2.75, 3.05) is 23.7 Å². The number of aryl methyl sites for hydroxylation is 1. The fourth-order valence-corrected chi connectivity index (χ4v) is 2.18. The number of carbonyl (C=O) groups is 1. The Morgan fingerprint density at radius 3 is 3.06 bits per heavy atom. The number of aromatic nitrogens is 1. The highest BCUT2D eigenvalue weighted by Crippen LogP contribution is 2.26. The summed E-state index contributed by atoms with van der Waals surface area (Å²) >= 11 is 0. The fraction of sp³-hybridized carbons (Fsp3) is 0.500. The molecular weight excluding hydrogens is 218 g/mol. The molecule has 1 aromatic rings. The average molecular weight is 235 g/mol. The Kier molecular flexibility index (Phi) is 3.17. The molecule has 1 saturated heterocycles. The molecule has 92 valence electrons. The van der Waals surface area contributed by atoms with Crippen molar-refractivity contribution in [3.05, 3.63) is 17.8 Å². The van der Waals surface area contributed by atoms with Crippen LogP contribution in [0.15, 0.2) is 12.1 Å². The summed E-state index contributed by atoms with van der Waals surface area (Å²) in [6.45, 7) is 3.22. The molecule has 0 bridgehead atoms. The summed E-state index contributed by atoms with van der Waals surface area (Å²) in [7, 11) is 0. The van der Waals surface area contributed by atoms with Gasteiger partial charge in [0.2, 0.25) is 0 Å². The summed E-state index contributed by atoms with van der Waals surface area (Å²) in [6.07, 6.45) is 1.60. The number of pyridine rings is 1. The number of hydrogen-bond donors (Lipinski definition) is 2. The molecule has 3 N–H and O–H groups in total. The molecule has 0 spiro atoms. The van der Waals surface area contributed by atoms with Crippen LogP contribution in [0.2, 0.25) is 0 Å². The minimum Gasteiger partial charge on any atom is -0.481 e. The second-order valence-corrected chi connectivity index (χ2v) is 4.49. The molecule has 1 unspecified atom stereocenters. The quantitative estimate of drug-likeness (QED) is 0.807. The molecule has 0 saturated carbocycles. The fourth-order valence-electron chi connectivity index (χ4n) is 2.18. The number of nitrogen functional groups attached to an aromatic ring is 1. The molecule has 2 rings (SSSR count). The lowest BCUT2D eigenvalue weighted by molar-refractivity contribution is -0.141. The van der Waals surface area contributed by atoms with Crippen LogP contribution >= 0.6 is 0 Å². The Hall–Kier alpha value is -1.78.